The summed E-state index contributed by atoms with van der Waals surface area (Å²) in [7, 11) is 3.76. The summed E-state index contributed by atoms with van der Waals surface area (Å²) in [5.41, 5.74) is 8.24. The maximum absolute atomic E-state index is 5.91. The van der Waals surface area contributed by atoms with Gasteiger partial charge < -0.3 is 20.7 Å². The molecule has 1 unspecified atom stereocenters. The second-order valence-electron chi connectivity index (χ2n) is 5.62. The van der Waals surface area contributed by atoms with Crippen LogP contribution >= 0.6 is 0 Å². The van der Waals surface area contributed by atoms with Crippen LogP contribution in [-0.4, -0.2) is 51.3 Å². The number of likely N-dealkylation sites (N-methyl/N-ethyl adjacent to an activating group) is 1. The molecular weight excluding hydrogens is 276 g/mol. The molecular formula is C17H30N4O. The molecule has 22 heavy (non-hydrogen) atoms. The summed E-state index contributed by atoms with van der Waals surface area (Å²) < 4.78 is 5.04. The number of anilines is 1. The first-order valence-electron chi connectivity index (χ1n) is 7.91. The van der Waals surface area contributed by atoms with E-state index >= 15 is 0 Å². The fourth-order valence-electron chi connectivity index (χ4n) is 2.02. The van der Waals surface area contributed by atoms with Crippen LogP contribution in [0.15, 0.2) is 29.3 Å². The van der Waals surface area contributed by atoms with Gasteiger partial charge in [0, 0.05) is 25.9 Å². The lowest BCUT2D eigenvalue weighted by molar-refractivity contribution is 0.163. The van der Waals surface area contributed by atoms with Crippen LogP contribution in [-0.2, 0) is 4.74 Å². The number of nitrogens with two attached hydrogens (primary N) is 1. The van der Waals surface area contributed by atoms with Gasteiger partial charge in [-0.15, -0.1) is 0 Å². The molecule has 0 saturated carbocycles. The van der Waals surface area contributed by atoms with Crippen LogP contribution in [0.2, 0.25) is 0 Å². The lowest BCUT2D eigenvalue weighted by atomic mass is 9.99. The highest BCUT2D eigenvalue weighted by molar-refractivity contribution is 5.92. The third-order valence-electron chi connectivity index (χ3n) is 3.81. The fraction of sp³-hybridized carbons (Fsp3) is 0.588. The molecule has 124 valence electrons. The first-order valence-corrected chi connectivity index (χ1v) is 7.91. The lowest BCUT2D eigenvalue weighted by Crippen LogP contribution is -2.28. The van der Waals surface area contributed by atoms with Gasteiger partial charge in [-0.25, -0.2) is 0 Å². The quantitative estimate of drug-likeness (QED) is 0.543. The Morgan fingerprint density at radius 3 is 2.59 bits per heavy atom. The highest BCUT2D eigenvalue weighted by Gasteiger charge is 2.03. The van der Waals surface area contributed by atoms with Crippen molar-refractivity contribution < 1.29 is 4.74 Å². The van der Waals surface area contributed by atoms with Crippen LogP contribution < -0.4 is 11.1 Å². The van der Waals surface area contributed by atoms with Gasteiger partial charge in [0.15, 0.2) is 5.96 Å². The number of ether oxygens (including phenoxy) is 1. The van der Waals surface area contributed by atoms with Gasteiger partial charge >= 0.3 is 0 Å². The van der Waals surface area contributed by atoms with Crippen molar-refractivity contribution in [3.8, 4) is 0 Å². The van der Waals surface area contributed by atoms with Gasteiger partial charge in [0.2, 0.25) is 0 Å². The normalized spacial score (nSPS) is 13.4. The van der Waals surface area contributed by atoms with E-state index in [0.717, 1.165) is 31.8 Å². The summed E-state index contributed by atoms with van der Waals surface area (Å²) in [5, 5.41) is 3.13. The molecule has 3 N–H and O–H groups in total. The Labute approximate surface area is 134 Å². The average molecular weight is 306 g/mol. The zero-order valence-corrected chi connectivity index (χ0v) is 14.3. The second-order valence-corrected chi connectivity index (χ2v) is 5.62. The number of hydrogen-bond acceptors (Lipinski definition) is 3. The Morgan fingerprint density at radius 1 is 1.32 bits per heavy atom. The standard InChI is InChI=1S/C17H30N4O/c1-5-14(2)15-6-8-16(9-7-15)20-17(18)19-10-11-21(3)12-13-22-4/h6-9,14H,5,10-13H2,1-4H3,(H3,18,19,20). The molecule has 0 heterocycles. The number of methoxy groups -OCH3 is 1. The molecule has 0 saturated heterocycles. The van der Waals surface area contributed by atoms with E-state index < -0.39 is 0 Å². The molecule has 0 amide bonds. The van der Waals surface area contributed by atoms with Crippen LogP contribution in [0.1, 0.15) is 31.7 Å². The zero-order valence-electron chi connectivity index (χ0n) is 14.3. The molecule has 1 aromatic carbocycles. The Morgan fingerprint density at radius 2 is 2.00 bits per heavy atom. The van der Waals surface area contributed by atoms with E-state index in [1.54, 1.807) is 7.11 Å². The smallest absolute Gasteiger partial charge is 0.193 e. The molecule has 0 bridgehead atoms. The largest absolute Gasteiger partial charge is 0.383 e. The van der Waals surface area contributed by atoms with Gasteiger partial charge in [-0.05, 0) is 37.1 Å². The van der Waals surface area contributed by atoms with E-state index in [1.807, 2.05) is 7.05 Å². The zero-order chi connectivity index (χ0) is 16.4. The van der Waals surface area contributed by atoms with Crippen molar-refractivity contribution >= 4 is 11.6 Å². The average Bonchev–Trinajstić information content (AvgIpc) is 2.52. The number of hydrogen-bond donors (Lipinski definition) is 2. The molecule has 0 aromatic heterocycles. The van der Waals surface area contributed by atoms with E-state index in [2.05, 4.69) is 53.3 Å². The molecule has 0 fully saturated rings. The molecule has 0 aliphatic carbocycles. The number of benzene rings is 1. The molecule has 5 heteroatoms. The molecule has 0 aliphatic rings. The number of aliphatic imine (C=N–C) groups is 1. The predicted octanol–water partition coefficient (Wildman–Crippen LogP) is 2.50. The number of rotatable bonds is 9. The van der Waals surface area contributed by atoms with Crippen LogP contribution in [0.3, 0.4) is 0 Å². The Bertz CT molecular complexity index is 444. The minimum Gasteiger partial charge on any atom is -0.383 e. The third kappa shape index (κ3) is 6.91. The Hall–Kier alpha value is -1.59. The third-order valence-corrected chi connectivity index (χ3v) is 3.81. The molecule has 1 atom stereocenters. The monoisotopic (exact) mass is 306 g/mol. The van der Waals surface area contributed by atoms with E-state index in [-0.39, 0.29) is 0 Å². The first kappa shape index (κ1) is 18.5. The Kier molecular flexibility index (Phi) is 8.55. The molecule has 0 radical (unpaired) electrons. The van der Waals surface area contributed by atoms with Crippen LogP contribution in [0.5, 0.6) is 0 Å². The maximum atomic E-state index is 5.91. The predicted molar refractivity (Wildman–Crippen MR) is 94.6 cm³/mol. The van der Waals surface area contributed by atoms with Crippen molar-refractivity contribution in [1.82, 2.24) is 4.90 Å². The summed E-state index contributed by atoms with van der Waals surface area (Å²) in [6, 6.07) is 8.38. The van der Waals surface area contributed by atoms with E-state index in [4.69, 9.17) is 10.5 Å². The van der Waals surface area contributed by atoms with Crippen molar-refractivity contribution in [1.29, 1.82) is 0 Å². The number of nitrogens with one attached hydrogen (secondary N) is 1. The number of nitrogens with zero attached hydrogens (tertiary/aromatic N) is 2. The molecule has 5 nitrogen and oxygen atoms in total. The first-order chi connectivity index (χ1) is 10.6. The Balaban J connectivity index is 2.40. The van der Waals surface area contributed by atoms with Gasteiger partial charge in [0.25, 0.3) is 0 Å². The fourth-order valence-corrected chi connectivity index (χ4v) is 2.02. The van der Waals surface area contributed by atoms with E-state index in [1.165, 1.54) is 5.56 Å². The SMILES string of the molecule is CCC(C)c1ccc(NC(N)=NCCN(C)CCOC)cc1. The van der Waals surface area contributed by atoms with Crippen molar-refractivity contribution in [3.05, 3.63) is 29.8 Å². The van der Waals surface area contributed by atoms with Crippen molar-refractivity contribution in [2.75, 3.05) is 45.7 Å². The molecule has 1 aromatic rings. The topological polar surface area (TPSA) is 62.9 Å². The van der Waals surface area contributed by atoms with Crippen LogP contribution in [0.25, 0.3) is 0 Å². The van der Waals surface area contributed by atoms with Crippen LogP contribution in [0.4, 0.5) is 5.69 Å². The van der Waals surface area contributed by atoms with Gasteiger partial charge in [-0.2, -0.15) is 0 Å². The maximum Gasteiger partial charge on any atom is 0.193 e. The van der Waals surface area contributed by atoms with Gasteiger partial charge in [-0.3, -0.25) is 4.99 Å². The lowest BCUT2D eigenvalue weighted by Gasteiger charge is -2.14. The summed E-state index contributed by atoms with van der Waals surface area (Å²) in [4.78, 5) is 6.51. The van der Waals surface area contributed by atoms with Crippen molar-refractivity contribution in [3.63, 3.8) is 0 Å². The summed E-state index contributed by atoms with van der Waals surface area (Å²) in [6.07, 6.45) is 1.15. The highest BCUT2D eigenvalue weighted by atomic mass is 16.5. The highest BCUT2D eigenvalue weighted by Crippen LogP contribution is 2.20. The van der Waals surface area contributed by atoms with Crippen molar-refractivity contribution in [2.45, 2.75) is 26.2 Å². The van der Waals surface area contributed by atoms with E-state index in [0.29, 0.717) is 18.4 Å². The van der Waals surface area contributed by atoms with E-state index in [9.17, 15) is 0 Å². The number of guanidine groups is 1. The van der Waals surface area contributed by atoms with Crippen molar-refractivity contribution in [2.24, 2.45) is 10.7 Å². The van der Waals surface area contributed by atoms with Crippen LogP contribution in [0, 0.1) is 0 Å². The minimum atomic E-state index is 0.455. The minimum absolute atomic E-state index is 0.455. The second kappa shape index (κ2) is 10.2. The molecule has 0 spiro atoms. The summed E-state index contributed by atoms with van der Waals surface area (Å²) in [5.74, 6) is 1.04. The molecule has 1 rings (SSSR count). The van der Waals surface area contributed by atoms with Gasteiger partial charge in [0.1, 0.15) is 0 Å². The summed E-state index contributed by atoms with van der Waals surface area (Å²) in [6.45, 7) is 7.60. The van der Waals surface area contributed by atoms with Gasteiger partial charge in [0.05, 0.1) is 13.2 Å². The molecule has 0 aliphatic heterocycles. The van der Waals surface area contributed by atoms with Gasteiger partial charge in [-0.1, -0.05) is 26.0 Å². The summed E-state index contributed by atoms with van der Waals surface area (Å²) >= 11 is 0.